The summed E-state index contributed by atoms with van der Waals surface area (Å²) < 4.78 is 0. The van der Waals surface area contributed by atoms with E-state index in [-0.39, 0.29) is 0 Å². The number of hydrogen-bond acceptors (Lipinski definition) is 2. The van der Waals surface area contributed by atoms with Crippen LogP contribution in [0.1, 0.15) is 18.0 Å². The zero-order valence-electron chi connectivity index (χ0n) is 10.7. The molecule has 2 aromatic carbocycles. The van der Waals surface area contributed by atoms with Crippen LogP contribution in [0.5, 0.6) is 0 Å². The van der Waals surface area contributed by atoms with E-state index in [2.05, 4.69) is 65.4 Å². The van der Waals surface area contributed by atoms with Crippen LogP contribution in [0.2, 0.25) is 0 Å². The first-order valence-electron chi connectivity index (χ1n) is 6.81. The molecule has 2 aliphatic rings. The van der Waals surface area contributed by atoms with E-state index in [1.54, 1.807) is 0 Å². The summed E-state index contributed by atoms with van der Waals surface area (Å²) in [7, 11) is 0. The summed E-state index contributed by atoms with van der Waals surface area (Å²) in [5.41, 5.74) is 4.13. The van der Waals surface area contributed by atoms with Crippen LogP contribution in [-0.2, 0) is 0 Å². The van der Waals surface area contributed by atoms with Gasteiger partial charge in [0, 0.05) is 23.7 Å². The molecular weight excluding hydrogens is 232 g/mol. The largest absolute Gasteiger partial charge is 0.390 e. The van der Waals surface area contributed by atoms with E-state index in [1.807, 2.05) is 0 Å². The summed E-state index contributed by atoms with van der Waals surface area (Å²) in [4.78, 5) is 0. The molecule has 2 aliphatic heterocycles. The van der Waals surface area contributed by atoms with Crippen LogP contribution in [0, 0.1) is 0 Å². The summed E-state index contributed by atoms with van der Waals surface area (Å²) in [6.07, 6.45) is 3.23. The number of benzene rings is 2. The first-order chi connectivity index (χ1) is 9.43. The molecule has 4 rings (SSSR count). The Hall–Kier alpha value is -2.22. The molecule has 0 saturated heterocycles. The van der Waals surface area contributed by atoms with Gasteiger partial charge in [0.25, 0.3) is 0 Å². The number of nitrogens with one attached hydrogen (secondary N) is 2. The van der Waals surface area contributed by atoms with E-state index in [1.165, 1.54) is 27.3 Å². The van der Waals surface area contributed by atoms with Crippen molar-refractivity contribution in [1.29, 1.82) is 0 Å². The van der Waals surface area contributed by atoms with Gasteiger partial charge in [0.2, 0.25) is 0 Å². The van der Waals surface area contributed by atoms with Crippen molar-refractivity contribution in [2.75, 3.05) is 11.9 Å². The molecule has 2 heterocycles. The summed E-state index contributed by atoms with van der Waals surface area (Å²) >= 11 is 0. The molecule has 0 aromatic heterocycles. The Kier molecular flexibility index (Phi) is 2.34. The fourth-order valence-corrected chi connectivity index (χ4v) is 3.14. The highest BCUT2D eigenvalue weighted by Crippen LogP contribution is 2.32. The van der Waals surface area contributed by atoms with Gasteiger partial charge in [-0.2, -0.15) is 0 Å². The second kappa shape index (κ2) is 4.16. The fourth-order valence-electron chi connectivity index (χ4n) is 3.14. The lowest BCUT2D eigenvalue weighted by Gasteiger charge is -2.17. The molecule has 2 N–H and O–H groups in total. The molecule has 19 heavy (non-hydrogen) atoms. The van der Waals surface area contributed by atoms with Crippen LogP contribution in [0.4, 0.5) is 5.69 Å². The lowest BCUT2D eigenvalue weighted by molar-refractivity contribution is 0.860. The average molecular weight is 248 g/mol. The Labute approximate surface area is 112 Å². The zero-order chi connectivity index (χ0) is 12.7. The quantitative estimate of drug-likeness (QED) is 0.803. The Morgan fingerprint density at radius 2 is 1.84 bits per heavy atom. The van der Waals surface area contributed by atoms with Crippen molar-refractivity contribution in [2.24, 2.45) is 0 Å². The minimum Gasteiger partial charge on any atom is -0.390 e. The third-order valence-electron chi connectivity index (χ3n) is 4.00. The van der Waals surface area contributed by atoms with Crippen molar-refractivity contribution in [1.82, 2.24) is 5.32 Å². The predicted octanol–water partition coefficient (Wildman–Crippen LogP) is 1.74. The zero-order valence-corrected chi connectivity index (χ0v) is 10.7. The van der Waals surface area contributed by atoms with Gasteiger partial charge in [0.05, 0.1) is 6.04 Å². The first-order valence-corrected chi connectivity index (χ1v) is 6.81. The molecule has 0 bridgehead atoms. The monoisotopic (exact) mass is 248 g/mol. The lowest BCUT2D eigenvalue weighted by atomic mass is 9.97. The summed E-state index contributed by atoms with van der Waals surface area (Å²) in [5, 5.41) is 9.77. The molecule has 94 valence electrons. The molecule has 0 spiro atoms. The molecule has 2 aromatic rings. The van der Waals surface area contributed by atoms with Crippen molar-refractivity contribution >= 4 is 17.5 Å². The molecule has 0 amide bonds. The maximum atomic E-state index is 3.68. The highest BCUT2D eigenvalue weighted by Gasteiger charge is 2.24. The lowest BCUT2D eigenvalue weighted by Crippen LogP contribution is -2.26. The van der Waals surface area contributed by atoms with E-state index < -0.39 is 0 Å². The Balaban J connectivity index is 1.96. The Morgan fingerprint density at radius 3 is 2.74 bits per heavy atom. The van der Waals surface area contributed by atoms with Crippen molar-refractivity contribution in [3.05, 3.63) is 64.5 Å². The van der Waals surface area contributed by atoms with E-state index in [4.69, 9.17) is 0 Å². The Bertz CT molecular complexity index is 732. The average Bonchev–Trinajstić information content (AvgIpc) is 2.69. The summed E-state index contributed by atoms with van der Waals surface area (Å²) in [6.45, 7) is 1.01. The van der Waals surface area contributed by atoms with Crippen LogP contribution < -0.4 is 21.1 Å². The first kappa shape index (κ1) is 10.7. The molecular formula is C17H16N2. The van der Waals surface area contributed by atoms with E-state index in [9.17, 15) is 0 Å². The van der Waals surface area contributed by atoms with E-state index in [0.29, 0.717) is 6.04 Å². The maximum absolute atomic E-state index is 3.68. The van der Waals surface area contributed by atoms with Gasteiger partial charge in [-0.3, -0.25) is 0 Å². The molecule has 0 aliphatic carbocycles. The molecule has 2 nitrogen and oxygen atoms in total. The summed E-state index contributed by atoms with van der Waals surface area (Å²) in [5.74, 6) is 0. The minimum absolute atomic E-state index is 0.325. The highest BCUT2D eigenvalue weighted by atomic mass is 15.0. The van der Waals surface area contributed by atoms with E-state index in [0.717, 1.165) is 13.0 Å². The van der Waals surface area contributed by atoms with Crippen LogP contribution in [0.3, 0.4) is 0 Å². The van der Waals surface area contributed by atoms with Gasteiger partial charge < -0.3 is 10.6 Å². The second-order valence-electron chi connectivity index (χ2n) is 5.13. The highest BCUT2D eigenvalue weighted by molar-refractivity contribution is 5.72. The molecule has 0 radical (unpaired) electrons. The van der Waals surface area contributed by atoms with Crippen LogP contribution in [-0.4, -0.2) is 6.54 Å². The minimum atomic E-state index is 0.325. The van der Waals surface area contributed by atoms with Gasteiger partial charge in [0.15, 0.2) is 0 Å². The number of anilines is 1. The number of rotatable bonds is 1. The Morgan fingerprint density at radius 1 is 0.947 bits per heavy atom. The molecule has 0 fully saturated rings. The molecule has 2 heteroatoms. The van der Waals surface area contributed by atoms with Crippen molar-refractivity contribution in [2.45, 2.75) is 12.5 Å². The van der Waals surface area contributed by atoms with Crippen LogP contribution >= 0.6 is 0 Å². The van der Waals surface area contributed by atoms with Gasteiger partial charge in [-0.15, -0.1) is 0 Å². The van der Waals surface area contributed by atoms with Gasteiger partial charge in [0.1, 0.15) is 0 Å². The third kappa shape index (κ3) is 1.64. The van der Waals surface area contributed by atoms with Crippen molar-refractivity contribution < 1.29 is 0 Å². The molecule has 0 saturated carbocycles. The summed E-state index contributed by atoms with van der Waals surface area (Å²) in [6, 6.07) is 17.5. The van der Waals surface area contributed by atoms with Gasteiger partial charge >= 0.3 is 0 Å². The topological polar surface area (TPSA) is 24.1 Å². The standard InChI is InChI=1S/C17H16N2/c1-2-5-12(6-3-1)17-14-9-10-18-11-13-7-4-8-15(19-17)16(13)14/h1-8,11,17-19H,9-10H2. The molecule has 1 unspecified atom stereocenters. The van der Waals surface area contributed by atoms with Gasteiger partial charge in [-0.05, 0) is 28.8 Å². The second-order valence-corrected chi connectivity index (χ2v) is 5.13. The van der Waals surface area contributed by atoms with Crippen LogP contribution in [0.25, 0.3) is 11.8 Å². The smallest absolute Gasteiger partial charge is 0.0737 e. The van der Waals surface area contributed by atoms with Crippen LogP contribution in [0.15, 0.2) is 48.5 Å². The maximum Gasteiger partial charge on any atom is 0.0737 e. The normalized spacial score (nSPS) is 19.8. The van der Waals surface area contributed by atoms with Gasteiger partial charge in [-0.25, -0.2) is 0 Å². The number of hydrogen-bond donors (Lipinski definition) is 2. The molecule has 1 atom stereocenters. The fraction of sp³-hybridized carbons (Fsp3) is 0.176. The van der Waals surface area contributed by atoms with Crippen molar-refractivity contribution in [3.63, 3.8) is 0 Å². The van der Waals surface area contributed by atoms with Crippen molar-refractivity contribution in [3.8, 4) is 0 Å². The SMILES string of the molecule is C1=c2cccc3c2=C(CCN1)C(c1ccccc1)N3. The van der Waals surface area contributed by atoms with Gasteiger partial charge in [-0.1, -0.05) is 42.5 Å². The third-order valence-corrected chi connectivity index (χ3v) is 4.00. The predicted molar refractivity (Wildman–Crippen MR) is 79.0 cm³/mol. The van der Waals surface area contributed by atoms with E-state index >= 15 is 0 Å².